The molecule has 0 saturated carbocycles. The zero-order valence-electron chi connectivity index (χ0n) is 13.6. The van der Waals surface area contributed by atoms with Gasteiger partial charge in [0.25, 0.3) is 5.91 Å². The monoisotopic (exact) mass is 317 g/mol. The molecule has 0 spiro atoms. The van der Waals surface area contributed by atoms with E-state index in [4.69, 9.17) is 0 Å². The second kappa shape index (κ2) is 5.89. The quantitative estimate of drug-likeness (QED) is 0.614. The van der Waals surface area contributed by atoms with Gasteiger partial charge in [-0.15, -0.1) is 0 Å². The maximum absolute atomic E-state index is 12.4. The van der Waals surface area contributed by atoms with Crippen LogP contribution in [0.4, 0.5) is 0 Å². The largest absolute Gasteiger partial charge is 0.351 e. The number of hydrogen-bond acceptors (Lipinski definition) is 1. The number of nitrogens with zero attached hydrogens (tertiary/aromatic N) is 2. The number of benzene rings is 2. The van der Waals surface area contributed by atoms with E-state index in [9.17, 15) is 4.79 Å². The highest BCUT2D eigenvalue weighted by Crippen LogP contribution is 2.17. The number of para-hydroxylation sites is 1. The van der Waals surface area contributed by atoms with Crippen molar-refractivity contribution < 1.29 is 4.79 Å². The number of carbonyl (C=O) groups is 1. The summed E-state index contributed by atoms with van der Waals surface area (Å²) in [5.74, 6) is -0.0328. The number of rotatable bonds is 4. The molecule has 2 heterocycles. The van der Waals surface area contributed by atoms with Crippen LogP contribution in [-0.2, 0) is 13.6 Å². The number of fused-ring (bicyclic) bond motifs is 2. The Balaban J connectivity index is 1.45. The third-order valence-electron chi connectivity index (χ3n) is 4.47. The SMILES string of the molecule is Cn1ccc2ccc(C(=O)NCCn3ccc4ccccc43)cc21. The predicted octanol–water partition coefficient (Wildman–Crippen LogP) is 3.56. The second-order valence-corrected chi connectivity index (χ2v) is 6.02. The van der Waals surface area contributed by atoms with Crippen LogP contribution in [0.15, 0.2) is 67.0 Å². The normalized spacial score (nSPS) is 11.2. The lowest BCUT2D eigenvalue weighted by Crippen LogP contribution is -2.27. The molecule has 4 nitrogen and oxygen atoms in total. The van der Waals surface area contributed by atoms with E-state index in [1.165, 1.54) is 10.9 Å². The van der Waals surface area contributed by atoms with Gasteiger partial charge < -0.3 is 14.5 Å². The molecule has 0 aliphatic rings. The van der Waals surface area contributed by atoms with Crippen molar-refractivity contribution in [3.8, 4) is 0 Å². The van der Waals surface area contributed by atoms with Crippen LogP contribution in [0, 0.1) is 0 Å². The van der Waals surface area contributed by atoms with Crippen LogP contribution < -0.4 is 5.32 Å². The molecule has 1 amide bonds. The van der Waals surface area contributed by atoms with Crippen LogP contribution in [0.25, 0.3) is 21.8 Å². The Hall–Kier alpha value is -3.01. The van der Waals surface area contributed by atoms with Gasteiger partial charge in [0.2, 0.25) is 0 Å². The van der Waals surface area contributed by atoms with Crippen LogP contribution in [0.1, 0.15) is 10.4 Å². The van der Waals surface area contributed by atoms with Crippen LogP contribution in [0.5, 0.6) is 0 Å². The smallest absolute Gasteiger partial charge is 0.251 e. The number of aryl methyl sites for hydroxylation is 1. The molecule has 0 aliphatic heterocycles. The third kappa shape index (κ3) is 2.56. The van der Waals surface area contributed by atoms with E-state index in [0.717, 1.165) is 17.4 Å². The Kier molecular flexibility index (Phi) is 3.58. The Morgan fingerprint density at radius 2 is 1.75 bits per heavy atom. The van der Waals surface area contributed by atoms with Gasteiger partial charge in [-0.25, -0.2) is 0 Å². The molecule has 2 aromatic heterocycles. The first-order valence-electron chi connectivity index (χ1n) is 8.09. The second-order valence-electron chi connectivity index (χ2n) is 6.02. The lowest BCUT2D eigenvalue weighted by molar-refractivity contribution is 0.0952. The number of hydrogen-bond donors (Lipinski definition) is 1. The minimum Gasteiger partial charge on any atom is -0.351 e. The number of amides is 1. The first-order chi connectivity index (χ1) is 11.7. The van der Waals surface area contributed by atoms with Crippen molar-refractivity contribution in [3.05, 3.63) is 72.6 Å². The first kappa shape index (κ1) is 14.6. The van der Waals surface area contributed by atoms with Gasteiger partial charge in [0, 0.05) is 49.1 Å². The van der Waals surface area contributed by atoms with E-state index in [1.807, 2.05) is 54.2 Å². The number of carbonyl (C=O) groups excluding carboxylic acids is 1. The van der Waals surface area contributed by atoms with E-state index in [-0.39, 0.29) is 5.91 Å². The maximum Gasteiger partial charge on any atom is 0.251 e. The lowest BCUT2D eigenvalue weighted by Gasteiger charge is -2.08. The van der Waals surface area contributed by atoms with Crippen molar-refractivity contribution >= 4 is 27.7 Å². The summed E-state index contributed by atoms with van der Waals surface area (Å²) >= 11 is 0. The molecule has 0 unspecified atom stereocenters. The van der Waals surface area contributed by atoms with Gasteiger partial charge in [0.15, 0.2) is 0 Å². The minimum absolute atomic E-state index is 0.0328. The highest BCUT2D eigenvalue weighted by atomic mass is 16.1. The topological polar surface area (TPSA) is 39.0 Å². The summed E-state index contributed by atoms with van der Waals surface area (Å²) in [5, 5.41) is 5.38. The van der Waals surface area contributed by atoms with E-state index >= 15 is 0 Å². The molecule has 0 atom stereocenters. The Labute approximate surface area is 140 Å². The average Bonchev–Trinajstić information content (AvgIpc) is 3.19. The van der Waals surface area contributed by atoms with E-state index < -0.39 is 0 Å². The van der Waals surface area contributed by atoms with Gasteiger partial charge in [-0.05, 0) is 41.1 Å². The molecule has 24 heavy (non-hydrogen) atoms. The fourth-order valence-electron chi connectivity index (χ4n) is 3.13. The van der Waals surface area contributed by atoms with Gasteiger partial charge in [-0.1, -0.05) is 24.3 Å². The van der Waals surface area contributed by atoms with E-state index in [0.29, 0.717) is 12.1 Å². The highest BCUT2D eigenvalue weighted by molar-refractivity contribution is 5.98. The summed E-state index contributed by atoms with van der Waals surface area (Å²) in [5.41, 5.74) is 2.96. The first-order valence-corrected chi connectivity index (χ1v) is 8.09. The lowest BCUT2D eigenvalue weighted by atomic mass is 10.1. The fourth-order valence-corrected chi connectivity index (χ4v) is 3.13. The molecule has 4 heteroatoms. The van der Waals surface area contributed by atoms with Crippen LogP contribution in [-0.4, -0.2) is 21.6 Å². The number of aromatic nitrogens is 2. The molecule has 0 saturated heterocycles. The van der Waals surface area contributed by atoms with Crippen molar-refractivity contribution in [1.29, 1.82) is 0 Å². The predicted molar refractivity (Wildman–Crippen MR) is 97.2 cm³/mol. The maximum atomic E-state index is 12.4. The summed E-state index contributed by atoms with van der Waals surface area (Å²) in [6, 6.07) is 18.2. The molecule has 1 N–H and O–H groups in total. The Morgan fingerprint density at radius 3 is 2.67 bits per heavy atom. The number of nitrogens with one attached hydrogen (secondary N) is 1. The van der Waals surface area contributed by atoms with Crippen molar-refractivity contribution in [1.82, 2.24) is 14.5 Å². The molecule has 0 fully saturated rings. The summed E-state index contributed by atoms with van der Waals surface area (Å²) in [7, 11) is 1.99. The van der Waals surface area contributed by atoms with Gasteiger partial charge in [-0.2, -0.15) is 0 Å². The van der Waals surface area contributed by atoms with Gasteiger partial charge in [-0.3, -0.25) is 4.79 Å². The van der Waals surface area contributed by atoms with Gasteiger partial charge in [0.1, 0.15) is 0 Å². The van der Waals surface area contributed by atoms with Crippen molar-refractivity contribution in [2.75, 3.05) is 6.54 Å². The molecular weight excluding hydrogens is 298 g/mol. The molecule has 0 bridgehead atoms. The molecule has 0 aliphatic carbocycles. The molecule has 0 radical (unpaired) electrons. The van der Waals surface area contributed by atoms with E-state index in [2.05, 4.69) is 34.3 Å². The minimum atomic E-state index is -0.0328. The average molecular weight is 317 g/mol. The highest BCUT2D eigenvalue weighted by Gasteiger charge is 2.08. The summed E-state index contributed by atoms with van der Waals surface area (Å²) in [6.07, 6.45) is 4.07. The molecule has 4 rings (SSSR count). The van der Waals surface area contributed by atoms with Crippen molar-refractivity contribution in [2.45, 2.75) is 6.54 Å². The van der Waals surface area contributed by atoms with Gasteiger partial charge >= 0.3 is 0 Å². The molecular formula is C20H19N3O. The fraction of sp³-hybridized carbons (Fsp3) is 0.150. The van der Waals surface area contributed by atoms with Crippen LogP contribution in [0.2, 0.25) is 0 Å². The van der Waals surface area contributed by atoms with Crippen molar-refractivity contribution in [2.24, 2.45) is 7.05 Å². The Bertz CT molecular complexity index is 1030. The van der Waals surface area contributed by atoms with Crippen LogP contribution in [0.3, 0.4) is 0 Å². The zero-order chi connectivity index (χ0) is 16.5. The summed E-state index contributed by atoms with van der Waals surface area (Å²) in [4.78, 5) is 12.4. The summed E-state index contributed by atoms with van der Waals surface area (Å²) < 4.78 is 4.19. The Morgan fingerprint density at radius 1 is 0.958 bits per heavy atom. The van der Waals surface area contributed by atoms with E-state index in [1.54, 1.807) is 0 Å². The van der Waals surface area contributed by atoms with Gasteiger partial charge in [0.05, 0.1) is 0 Å². The molecule has 4 aromatic rings. The molecule has 2 aromatic carbocycles. The van der Waals surface area contributed by atoms with Crippen molar-refractivity contribution in [3.63, 3.8) is 0 Å². The van der Waals surface area contributed by atoms with Crippen LogP contribution >= 0.6 is 0 Å². The zero-order valence-corrected chi connectivity index (χ0v) is 13.6. The summed E-state index contributed by atoms with van der Waals surface area (Å²) in [6.45, 7) is 1.36. The third-order valence-corrected chi connectivity index (χ3v) is 4.47. The molecule has 120 valence electrons. The standard InChI is InChI=1S/C20H19N3O/c1-22-11-8-16-6-7-17(14-19(16)22)20(24)21-10-13-23-12-9-15-4-2-3-5-18(15)23/h2-9,11-12,14H,10,13H2,1H3,(H,21,24).